The number of rotatable bonds is 0. The van der Waals surface area contributed by atoms with Gasteiger partial charge in [-0.3, -0.25) is 0 Å². The van der Waals surface area contributed by atoms with Crippen LogP contribution in [0.5, 0.6) is 0 Å². The molecule has 0 rings (SSSR count). The summed E-state index contributed by atoms with van der Waals surface area (Å²) >= 11 is 0. The Hall–Kier alpha value is 2.06. The first-order chi connectivity index (χ1) is 0. The molecule has 0 saturated heterocycles. The summed E-state index contributed by atoms with van der Waals surface area (Å²) < 4.78 is 0. The fraction of sp³-hybridized carbons (Fsp3) is 0. The van der Waals surface area contributed by atoms with E-state index in [2.05, 4.69) is 0 Å². The van der Waals surface area contributed by atoms with Gasteiger partial charge in [-0.1, -0.05) is 0 Å². The van der Waals surface area contributed by atoms with Crippen LogP contribution in [-0.4, -0.2) is 47.2 Å². The zero-order valence-corrected chi connectivity index (χ0v) is 6.29. The maximum atomic E-state index is 0. The van der Waals surface area contributed by atoms with E-state index in [4.69, 9.17) is 0 Å². The molecule has 0 spiro atoms. The molecule has 0 amide bonds. The molecule has 0 N–H and O–H groups in total. The molecule has 0 aliphatic heterocycles. The Balaban J connectivity index is 0. The van der Waals surface area contributed by atoms with Crippen LogP contribution in [0, 0.1) is 0 Å². The molecule has 0 atom stereocenters. The van der Waals surface area contributed by atoms with Crippen molar-refractivity contribution in [3.63, 3.8) is 0 Å². The monoisotopic (exact) mass is 110 g/mol. The summed E-state index contributed by atoms with van der Waals surface area (Å²) in [6.07, 6.45) is 0. The smallest absolute Gasteiger partial charge is 0 e. The Morgan fingerprint density at radius 2 is 1.00 bits per heavy atom. The van der Waals surface area contributed by atoms with E-state index >= 15 is 0 Å². The van der Waals surface area contributed by atoms with Gasteiger partial charge in [0, 0.05) is 68.9 Å². The van der Waals surface area contributed by atoms with Gasteiger partial charge in [0.2, 0.25) is 0 Å². The van der Waals surface area contributed by atoms with Crippen LogP contribution in [0.15, 0.2) is 0 Å². The van der Waals surface area contributed by atoms with Crippen LogP contribution in [-0.2, 0) is 21.7 Å². The summed E-state index contributed by atoms with van der Waals surface area (Å²) in [5.74, 6) is 0. The summed E-state index contributed by atoms with van der Waals surface area (Å²) in [6.45, 7) is 0. The minimum absolute atomic E-state index is 0. The van der Waals surface area contributed by atoms with Gasteiger partial charge in [0.05, 0.1) is 0 Å². The summed E-state index contributed by atoms with van der Waals surface area (Å²) in [5, 5.41) is 0. The van der Waals surface area contributed by atoms with Crippen LogP contribution < -0.4 is 0 Å². The van der Waals surface area contributed by atoms with Crippen molar-refractivity contribution in [2.45, 2.75) is 0 Å². The molecule has 12 valence electrons. The molecule has 0 saturated carbocycles. The molecule has 8 radical (unpaired) electrons. The Kier molecular flexibility index (Phi) is 180. The maximum Gasteiger partial charge on any atom is 0 e. The average molecular weight is 110 g/mol. The van der Waals surface area contributed by atoms with E-state index in [1.165, 1.54) is 0 Å². The van der Waals surface area contributed by atoms with E-state index in [9.17, 15) is 0 Å². The van der Waals surface area contributed by atoms with Gasteiger partial charge >= 0.3 is 0 Å². The topological polar surface area (TPSA) is 0 Å². The minimum atomic E-state index is 0. The molecular formula is AlLiSiTi. The average Bonchev–Trinajstić information content (AvgIpc) is 0. The molecule has 0 aromatic heterocycles. The second-order valence-electron chi connectivity index (χ2n) is 0. The zero-order chi connectivity index (χ0) is 0. The SMILES string of the molecule is [Al].[Li].[Si].[Ti]. The molecule has 0 heterocycles. The molecule has 4 heavy (non-hydrogen) atoms. The third kappa shape index (κ3) is 8.96. The molecule has 0 aromatic carbocycles. The fourth-order valence-corrected chi connectivity index (χ4v) is 0. The maximum absolute atomic E-state index is 0. The van der Waals surface area contributed by atoms with Crippen molar-refractivity contribution in [2.24, 2.45) is 0 Å². The van der Waals surface area contributed by atoms with E-state index in [1.807, 2.05) is 0 Å². The van der Waals surface area contributed by atoms with E-state index in [-0.39, 0.29) is 68.9 Å². The Bertz CT molecular complexity index is 8.00. The molecule has 0 nitrogen and oxygen atoms in total. The van der Waals surface area contributed by atoms with Crippen molar-refractivity contribution < 1.29 is 21.7 Å². The number of hydrogen-bond acceptors (Lipinski definition) is 0. The second-order valence-corrected chi connectivity index (χ2v) is 0. The van der Waals surface area contributed by atoms with Gasteiger partial charge < -0.3 is 0 Å². The first kappa shape index (κ1) is 36.5. The van der Waals surface area contributed by atoms with E-state index in [0.29, 0.717) is 0 Å². The summed E-state index contributed by atoms with van der Waals surface area (Å²) in [4.78, 5) is 0. The first-order valence-corrected chi connectivity index (χ1v) is 0. The molecule has 4 heteroatoms. The number of hydrogen-bond donors (Lipinski definition) is 0. The molecule has 0 unspecified atom stereocenters. The Labute approximate surface area is 68.3 Å². The third-order valence-corrected chi connectivity index (χ3v) is 0. The van der Waals surface area contributed by atoms with Gasteiger partial charge in [-0.25, -0.2) is 0 Å². The largest absolute Gasteiger partial charge is 0 e. The fourth-order valence-electron chi connectivity index (χ4n) is 0. The second kappa shape index (κ2) is 19.6. The minimum Gasteiger partial charge on any atom is 0 e. The molecule has 0 bridgehead atoms. The van der Waals surface area contributed by atoms with Gasteiger partial charge in [0.1, 0.15) is 0 Å². The van der Waals surface area contributed by atoms with Crippen molar-refractivity contribution in [3.8, 4) is 0 Å². The van der Waals surface area contributed by atoms with Gasteiger partial charge in [0.25, 0.3) is 0 Å². The summed E-state index contributed by atoms with van der Waals surface area (Å²) in [5.41, 5.74) is 0. The third-order valence-electron chi connectivity index (χ3n) is 0. The first-order valence-electron chi connectivity index (χ1n) is 0. The zero-order valence-electron chi connectivity index (χ0n) is 2.58. The van der Waals surface area contributed by atoms with Gasteiger partial charge in [-0.2, -0.15) is 0 Å². The molecule has 0 aliphatic carbocycles. The van der Waals surface area contributed by atoms with Crippen LogP contribution in [0.25, 0.3) is 0 Å². The normalized spacial score (nSPS) is 0. The molecule has 0 aromatic rings. The Morgan fingerprint density at radius 1 is 1.00 bits per heavy atom. The van der Waals surface area contributed by atoms with Crippen molar-refractivity contribution in [2.75, 3.05) is 0 Å². The van der Waals surface area contributed by atoms with Gasteiger partial charge in [-0.15, -0.1) is 0 Å². The molecule has 0 fully saturated rings. The van der Waals surface area contributed by atoms with Gasteiger partial charge in [-0.05, 0) is 0 Å². The summed E-state index contributed by atoms with van der Waals surface area (Å²) in [6, 6.07) is 0. The molecular weight excluding hydrogens is 110 g/mol. The quantitative estimate of drug-likeness (QED) is 0.345. The predicted molar refractivity (Wildman–Crippen MR) is 17.3 cm³/mol. The standard InChI is InChI=1S/Al.Li.Si.Ti. The summed E-state index contributed by atoms with van der Waals surface area (Å²) in [7, 11) is 0. The van der Waals surface area contributed by atoms with E-state index in [0.717, 1.165) is 0 Å². The van der Waals surface area contributed by atoms with Crippen molar-refractivity contribution in [1.82, 2.24) is 0 Å². The predicted octanol–water partition coefficient (Wildman–Crippen LogP) is -1.14. The van der Waals surface area contributed by atoms with Crippen molar-refractivity contribution in [3.05, 3.63) is 0 Å². The van der Waals surface area contributed by atoms with Crippen LogP contribution in [0.3, 0.4) is 0 Å². The van der Waals surface area contributed by atoms with Crippen LogP contribution in [0.2, 0.25) is 0 Å². The van der Waals surface area contributed by atoms with Gasteiger partial charge in [0.15, 0.2) is 0 Å². The van der Waals surface area contributed by atoms with Crippen LogP contribution in [0.4, 0.5) is 0 Å². The van der Waals surface area contributed by atoms with Crippen molar-refractivity contribution >= 4 is 47.2 Å². The van der Waals surface area contributed by atoms with Crippen LogP contribution in [0.1, 0.15) is 0 Å². The van der Waals surface area contributed by atoms with Crippen LogP contribution >= 0.6 is 0 Å². The van der Waals surface area contributed by atoms with E-state index < -0.39 is 0 Å². The molecule has 0 aliphatic rings. The van der Waals surface area contributed by atoms with E-state index in [1.54, 1.807) is 0 Å². The Morgan fingerprint density at radius 3 is 1.00 bits per heavy atom. The van der Waals surface area contributed by atoms with Crippen molar-refractivity contribution in [1.29, 1.82) is 0 Å².